The highest BCUT2D eigenvalue weighted by Gasteiger charge is 2.33. The van der Waals surface area contributed by atoms with Crippen molar-refractivity contribution in [1.82, 2.24) is 10.2 Å². The fourth-order valence-corrected chi connectivity index (χ4v) is 3.44. The van der Waals surface area contributed by atoms with Crippen LogP contribution in [-0.4, -0.2) is 35.7 Å². The molecule has 6 heteroatoms. The van der Waals surface area contributed by atoms with Gasteiger partial charge in [0.2, 0.25) is 5.91 Å². The maximum absolute atomic E-state index is 12.7. The topological polar surface area (TPSA) is 79.6 Å². The molecule has 6 nitrogen and oxygen atoms in total. The third-order valence-electron chi connectivity index (χ3n) is 4.99. The molecule has 1 aromatic heterocycles. The number of aryl methyl sites for hydroxylation is 1. The smallest absolute Gasteiger partial charge is 0.287 e. The van der Waals surface area contributed by atoms with Crippen molar-refractivity contribution in [1.29, 1.82) is 0 Å². The summed E-state index contributed by atoms with van der Waals surface area (Å²) >= 11 is 0. The number of furan rings is 1. The Balaban J connectivity index is 1.69. The van der Waals surface area contributed by atoms with Crippen molar-refractivity contribution >= 4 is 39.5 Å². The maximum atomic E-state index is 12.7. The fourth-order valence-electron chi connectivity index (χ4n) is 3.44. The molecule has 0 spiro atoms. The zero-order valence-corrected chi connectivity index (χ0v) is 14.5. The van der Waals surface area contributed by atoms with E-state index in [1.807, 2.05) is 43.3 Å². The molecule has 0 saturated carbocycles. The van der Waals surface area contributed by atoms with Gasteiger partial charge in [0.1, 0.15) is 11.6 Å². The second kappa shape index (κ2) is 5.98. The molecule has 2 aromatic carbocycles. The first-order valence-corrected chi connectivity index (χ1v) is 8.49. The molecule has 4 rings (SSSR count). The first-order valence-electron chi connectivity index (χ1n) is 8.49. The summed E-state index contributed by atoms with van der Waals surface area (Å²) in [6.07, 6.45) is 0.535. The van der Waals surface area contributed by atoms with Crippen molar-refractivity contribution in [2.75, 3.05) is 7.05 Å². The number of likely N-dealkylation sites (tertiary alicyclic amines) is 1. The summed E-state index contributed by atoms with van der Waals surface area (Å²) in [6.45, 7) is 1.83. The van der Waals surface area contributed by atoms with Crippen LogP contribution in [-0.2, 0) is 9.59 Å². The molecule has 132 valence electrons. The number of carbonyl (C=O) groups excluding carboxylic acids is 3. The van der Waals surface area contributed by atoms with Gasteiger partial charge in [-0.1, -0.05) is 36.4 Å². The highest BCUT2D eigenvalue weighted by Crippen LogP contribution is 2.31. The minimum Gasteiger partial charge on any atom is -0.450 e. The average molecular weight is 350 g/mol. The molecule has 1 fully saturated rings. The van der Waals surface area contributed by atoms with E-state index in [0.717, 1.165) is 26.6 Å². The molecule has 1 aliphatic rings. The monoisotopic (exact) mass is 350 g/mol. The SMILES string of the molecule is Cc1c(C(=O)NC2CCC(=O)N(C)C2=O)oc2c1ccc1ccccc12. The molecule has 1 atom stereocenters. The average Bonchev–Trinajstić information content (AvgIpc) is 2.99. The summed E-state index contributed by atoms with van der Waals surface area (Å²) in [4.78, 5) is 37.5. The Morgan fingerprint density at radius 2 is 1.92 bits per heavy atom. The normalized spacial score (nSPS) is 17.9. The molecule has 1 N–H and O–H groups in total. The van der Waals surface area contributed by atoms with Crippen molar-refractivity contribution in [2.24, 2.45) is 0 Å². The van der Waals surface area contributed by atoms with Crippen LogP contribution < -0.4 is 5.32 Å². The quantitative estimate of drug-likeness (QED) is 0.721. The summed E-state index contributed by atoms with van der Waals surface area (Å²) in [7, 11) is 1.43. The summed E-state index contributed by atoms with van der Waals surface area (Å²) in [5.41, 5.74) is 1.39. The molecule has 1 aliphatic heterocycles. The Morgan fingerprint density at radius 1 is 1.15 bits per heavy atom. The van der Waals surface area contributed by atoms with Crippen molar-refractivity contribution in [3.8, 4) is 0 Å². The van der Waals surface area contributed by atoms with Crippen LogP contribution in [0.25, 0.3) is 21.7 Å². The van der Waals surface area contributed by atoms with Gasteiger partial charge >= 0.3 is 0 Å². The molecule has 1 unspecified atom stereocenters. The number of imide groups is 1. The van der Waals surface area contributed by atoms with Gasteiger partial charge in [-0.2, -0.15) is 0 Å². The molecule has 0 bridgehead atoms. The second-order valence-electron chi connectivity index (χ2n) is 6.58. The van der Waals surface area contributed by atoms with E-state index in [4.69, 9.17) is 4.42 Å². The molecular weight excluding hydrogens is 332 g/mol. The minimum absolute atomic E-state index is 0.198. The van der Waals surface area contributed by atoms with Crippen LogP contribution in [0.5, 0.6) is 0 Å². The number of amides is 3. The number of piperidine rings is 1. The van der Waals surface area contributed by atoms with Gasteiger partial charge in [-0.05, 0) is 18.7 Å². The third kappa shape index (κ3) is 2.45. The van der Waals surface area contributed by atoms with Crippen molar-refractivity contribution < 1.29 is 18.8 Å². The van der Waals surface area contributed by atoms with E-state index < -0.39 is 17.9 Å². The molecular formula is C20H18N2O4. The minimum atomic E-state index is -0.713. The van der Waals surface area contributed by atoms with Crippen molar-refractivity contribution in [3.05, 3.63) is 47.7 Å². The molecule has 0 radical (unpaired) electrons. The van der Waals surface area contributed by atoms with Crippen LogP contribution in [0.15, 0.2) is 40.8 Å². The zero-order valence-electron chi connectivity index (χ0n) is 14.5. The summed E-state index contributed by atoms with van der Waals surface area (Å²) in [5, 5.41) is 5.55. The second-order valence-corrected chi connectivity index (χ2v) is 6.58. The highest BCUT2D eigenvalue weighted by molar-refractivity contribution is 6.09. The van der Waals surface area contributed by atoms with Gasteiger partial charge in [-0.25, -0.2) is 0 Å². The number of fused-ring (bicyclic) bond motifs is 3. The molecule has 3 amide bonds. The largest absolute Gasteiger partial charge is 0.450 e. The van der Waals surface area contributed by atoms with Gasteiger partial charge < -0.3 is 9.73 Å². The predicted molar refractivity (Wildman–Crippen MR) is 96.7 cm³/mol. The lowest BCUT2D eigenvalue weighted by atomic mass is 10.0. The third-order valence-corrected chi connectivity index (χ3v) is 4.99. The van der Waals surface area contributed by atoms with Crippen molar-refractivity contribution in [2.45, 2.75) is 25.8 Å². The van der Waals surface area contributed by atoms with Crippen LogP contribution in [0, 0.1) is 6.92 Å². The first kappa shape index (κ1) is 16.3. The van der Waals surface area contributed by atoms with Crippen LogP contribution in [0.1, 0.15) is 29.0 Å². The Morgan fingerprint density at radius 3 is 2.73 bits per heavy atom. The Bertz CT molecular complexity index is 1070. The van der Waals surface area contributed by atoms with Crippen LogP contribution in [0.3, 0.4) is 0 Å². The zero-order chi connectivity index (χ0) is 18.4. The van der Waals surface area contributed by atoms with Gasteiger partial charge in [0.15, 0.2) is 5.76 Å². The highest BCUT2D eigenvalue weighted by atomic mass is 16.3. The molecule has 2 heterocycles. The maximum Gasteiger partial charge on any atom is 0.287 e. The summed E-state index contributed by atoms with van der Waals surface area (Å²) in [6, 6.07) is 11.0. The number of nitrogens with one attached hydrogen (secondary N) is 1. The van der Waals surface area contributed by atoms with E-state index in [0.29, 0.717) is 12.0 Å². The van der Waals surface area contributed by atoms with Crippen LogP contribution >= 0.6 is 0 Å². The lowest BCUT2D eigenvalue weighted by molar-refractivity contribution is -0.147. The molecule has 3 aromatic rings. The lowest BCUT2D eigenvalue weighted by Crippen LogP contribution is -2.52. The van der Waals surface area contributed by atoms with E-state index in [-0.39, 0.29) is 18.1 Å². The molecule has 1 saturated heterocycles. The van der Waals surface area contributed by atoms with Crippen LogP contribution in [0.4, 0.5) is 0 Å². The number of benzene rings is 2. The van der Waals surface area contributed by atoms with Gasteiger partial charge in [0, 0.05) is 29.8 Å². The number of hydrogen-bond acceptors (Lipinski definition) is 4. The number of likely N-dealkylation sites (N-methyl/N-ethyl adjacent to an activating group) is 1. The standard InChI is InChI=1S/C20H18N2O4/c1-11-13-8-7-12-5-3-4-6-14(12)18(13)26-17(11)19(24)21-15-9-10-16(23)22(2)20(15)25/h3-8,15H,9-10H2,1-2H3,(H,21,24). The Labute approximate surface area is 149 Å². The van der Waals surface area contributed by atoms with Crippen LogP contribution in [0.2, 0.25) is 0 Å². The Kier molecular flexibility index (Phi) is 3.76. The number of nitrogens with zero attached hydrogens (tertiary/aromatic N) is 1. The van der Waals surface area contributed by atoms with E-state index in [1.165, 1.54) is 7.05 Å². The van der Waals surface area contributed by atoms with Gasteiger partial charge in [-0.3, -0.25) is 19.3 Å². The predicted octanol–water partition coefficient (Wildman–Crippen LogP) is 2.77. The lowest BCUT2D eigenvalue weighted by Gasteiger charge is -2.27. The summed E-state index contributed by atoms with van der Waals surface area (Å²) in [5.74, 6) is -0.867. The van der Waals surface area contributed by atoms with Gasteiger partial charge in [0.05, 0.1) is 0 Å². The number of carbonyl (C=O) groups is 3. The van der Waals surface area contributed by atoms with E-state index >= 15 is 0 Å². The first-order chi connectivity index (χ1) is 12.5. The number of hydrogen-bond donors (Lipinski definition) is 1. The van der Waals surface area contributed by atoms with E-state index in [1.54, 1.807) is 0 Å². The fraction of sp³-hybridized carbons (Fsp3) is 0.250. The molecule has 0 aliphatic carbocycles. The van der Waals surface area contributed by atoms with E-state index in [2.05, 4.69) is 5.32 Å². The summed E-state index contributed by atoms with van der Waals surface area (Å²) < 4.78 is 5.89. The Hall–Kier alpha value is -3.15. The van der Waals surface area contributed by atoms with Gasteiger partial charge in [-0.15, -0.1) is 0 Å². The molecule has 26 heavy (non-hydrogen) atoms. The van der Waals surface area contributed by atoms with E-state index in [9.17, 15) is 14.4 Å². The van der Waals surface area contributed by atoms with Crippen molar-refractivity contribution in [3.63, 3.8) is 0 Å². The number of rotatable bonds is 2. The van der Waals surface area contributed by atoms with Gasteiger partial charge in [0.25, 0.3) is 11.8 Å².